The maximum absolute atomic E-state index is 12.7. The largest absolute Gasteiger partial charge is 0.256 e. The van der Waals surface area contributed by atoms with Gasteiger partial charge >= 0.3 is 0 Å². The van der Waals surface area contributed by atoms with Gasteiger partial charge in [-0.2, -0.15) is 0 Å². The normalized spacial score (nSPS) is 11.8. The Kier molecular flexibility index (Phi) is 4.67. The van der Waals surface area contributed by atoms with Crippen LogP contribution in [0.4, 0.5) is 0 Å². The molecule has 0 atom stereocenters. The van der Waals surface area contributed by atoms with E-state index in [2.05, 4.69) is 15.2 Å². The standard InChI is InChI=1S/C19H14ClN3O2S2/c1-12-8-14(20)2-4-16(12)19-17-5-3-15(9-13(17)6-7-21-19)27(24,25)10-18-23-22-11-26-18/h2-9,11H,10H2,1H3. The Labute approximate surface area is 165 Å². The predicted octanol–water partition coefficient (Wildman–Crippen LogP) is 4.69. The number of fused-ring (bicyclic) bond motifs is 1. The van der Waals surface area contributed by atoms with E-state index in [9.17, 15) is 8.42 Å². The van der Waals surface area contributed by atoms with Gasteiger partial charge in [0.15, 0.2) is 9.84 Å². The Morgan fingerprint density at radius 1 is 1.11 bits per heavy atom. The Morgan fingerprint density at radius 3 is 2.70 bits per heavy atom. The fourth-order valence-corrected chi connectivity index (χ4v) is 5.37. The second kappa shape index (κ2) is 6.99. The fraction of sp³-hybridized carbons (Fsp3) is 0.105. The number of aryl methyl sites for hydroxylation is 1. The van der Waals surface area contributed by atoms with Crippen LogP contribution in [0.2, 0.25) is 5.02 Å². The zero-order valence-corrected chi connectivity index (χ0v) is 16.6. The molecule has 8 heteroatoms. The fourth-order valence-electron chi connectivity index (χ4n) is 2.96. The Hall–Kier alpha value is -2.35. The number of nitrogens with zero attached hydrogens (tertiary/aromatic N) is 3. The molecule has 0 aliphatic rings. The van der Waals surface area contributed by atoms with Gasteiger partial charge in [0, 0.05) is 22.2 Å². The van der Waals surface area contributed by atoms with Gasteiger partial charge in [-0.25, -0.2) is 8.42 Å². The minimum Gasteiger partial charge on any atom is -0.256 e. The van der Waals surface area contributed by atoms with Crippen molar-refractivity contribution in [3.63, 3.8) is 0 Å². The number of aromatic nitrogens is 3. The van der Waals surface area contributed by atoms with Crippen molar-refractivity contribution in [2.24, 2.45) is 0 Å². The molecule has 4 rings (SSSR count). The van der Waals surface area contributed by atoms with Crippen LogP contribution in [0.15, 0.2) is 59.1 Å². The number of sulfone groups is 1. The summed E-state index contributed by atoms with van der Waals surface area (Å²) in [6.45, 7) is 1.97. The van der Waals surface area contributed by atoms with E-state index in [1.807, 2.05) is 31.2 Å². The quantitative estimate of drug-likeness (QED) is 0.483. The number of benzene rings is 2. The summed E-state index contributed by atoms with van der Waals surface area (Å²) in [4.78, 5) is 4.77. The van der Waals surface area contributed by atoms with Crippen LogP contribution in [-0.2, 0) is 15.6 Å². The van der Waals surface area contributed by atoms with E-state index >= 15 is 0 Å². The molecule has 0 aliphatic carbocycles. The zero-order valence-electron chi connectivity index (χ0n) is 14.3. The van der Waals surface area contributed by atoms with Crippen molar-refractivity contribution in [1.29, 1.82) is 0 Å². The number of halogens is 1. The molecule has 0 fully saturated rings. The van der Waals surface area contributed by atoms with Crippen molar-refractivity contribution in [2.75, 3.05) is 0 Å². The van der Waals surface area contributed by atoms with Crippen LogP contribution in [0.5, 0.6) is 0 Å². The summed E-state index contributed by atoms with van der Waals surface area (Å²) >= 11 is 7.28. The zero-order chi connectivity index (χ0) is 19.0. The first kappa shape index (κ1) is 18.0. The van der Waals surface area contributed by atoms with Gasteiger partial charge in [-0.05, 0) is 48.2 Å². The van der Waals surface area contributed by atoms with E-state index in [-0.39, 0.29) is 10.6 Å². The SMILES string of the molecule is Cc1cc(Cl)ccc1-c1nccc2cc(S(=O)(=O)Cc3nncs3)ccc12. The molecule has 0 radical (unpaired) electrons. The summed E-state index contributed by atoms with van der Waals surface area (Å²) in [6.07, 6.45) is 1.69. The number of rotatable bonds is 4. The lowest BCUT2D eigenvalue weighted by Gasteiger charge is -2.10. The van der Waals surface area contributed by atoms with Crippen molar-refractivity contribution in [3.05, 3.63) is 69.8 Å². The second-order valence-electron chi connectivity index (χ2n) is 6.09. The minimum absolute atomic E-state index is 0.155. The molecular weight excluding hydrogens is 402 g/mol. The molecule has 27 heavy (non-hydrogen) atoms. The lowest BCUT2D eigenvalue weighted by molar-refractivity contribution is 0.595. The Balaban J connectivity index is 1.80. The maximum atomic E-state index is 12.7. The molecule has 0 unspecified atom stereocenters. The third-order valence-corrected chi connectivity index (χ3v) is 7.00. The van der Waals surface area contributed by atoms with Gasteiger partial charge in [0.2, 0.25) is 0 Å². The van der Waals surface area contributed by atoms with Gasteiger partial charge in [0.25, 0.3) is 0 Å². The van der Waals surface area contributed by atoms with E-state index in [1.54, 1.807) is 24.4 Å². The summed E-state index contributed by atoms with van der Waals surface area (Å²) in [5.41, 5.74) is 4.30. The first-order chi connectivity index (χ1) is 12.9. The summed E-state index contributed by atoms with van der Waals surface area (Å²) in [7, 11) is -3.50. The van der Waals surface area contributed by atoms with Crippen molar-refractivity contribution in [3.8, 4) is 11.3 Å². The monoisotopic (exact) mass is 415 g/mol. The molecular formula is C19H14ClN3O2S2. The molecule has 0 saturated carbocycles. The highest BCUT2D eigenvalue weighted by atomic mass is 35.5. The maximum Gasteiger partial charge on any atom is 0.184 e. The molecule has 2 heterocycles. The third-order valence-electron chi connectivity index (χ3n) is 4.26. The first-order valence-corrected chi connectivity index (χ1v) is 11.0. The van der Waals surface area contributed by atoms with Crippen molar-refractivity contribution < 1.29 is 8.42 Å². The van der Waals surface area contributed by atoms with Crippen molar-refractivity contribution >= 4 is 43.5 Å². The summed E-state index contributed by atoms with van der Waals surface area (Å²) < 4.78 is 25.4. The summed E-state index contributed by atoms with van der Waals surface area (Å²) in [5.74, 6) is -0.155. The number of hydrogen-bond acceptors (Lipinski definition) is 6. The van der Waals surface area contributed by atoms with Crippen LogP contribution in [-0.4, -0.2) is 23.6 Å². The Morgan fingerprint density at radius 2 is 1.96 bits per heavy atom. The van der Waals surface area contributed by atoms with Crippen LogP contribution in [0.25, 0.3) is 22.0 Å². The molecule has 0 spiro atoms. The smallest absolute Gasteiger partial charge is 0.184 e. The molecule has 0 N–H and O–H groups in total. The highest BCUT2D eigenvalue weighted by Crippen LogP contribution is 2.32. The van der Waals surface area contributed by atoms with Crippen LogP contribution in [0.3, 0.4) is 0 Å². The summed E-state index contributed by atoms with van der Waals surface area (Å²) in [6, 6.07) is 12.6. The van der Waals surface area contributed by atoms with Crippen molar-refractivity contribution in [1.82, 2.24) is 15.2 Å². The van der Waals surface area contributed by atoms with Gasteiger partial charge in [-0.3, -0.25) is 4.98 Å². The molecule has 0 saturated heterocycles. The molecule has 0 amide bonds. The first-order valence-electron chi connectivity index (χ1n) is 8.07. The van der Waals surface area contributed by atoms with Crippen LogP contribution in [0.1, 0.15) is 10.6 Å². The van der Waals surface area contributed by atoms with E-state index in [1.165, 1.54) is 16.8 Å². The highest BCUT2D eigenvalue weighted by Gasteiger charge is 2.19. The van der Waals surface area contributed by atoms with Gasteiger partial charge < -0.3 is 0 Å². The van der Waals surface area contributed by atoms with E-state index in [0.717, 1.165) is 27.6 Å². The van der Waals surface area contributed by atoms with Gasteiger partial charge in [-0.15, -0.1) is 21.5 Å². The lowest BCUT2D eigenvalue weighted by atomic mass is 10.0. The molecule has 2 aromatic heterocycles. The van der Waals surface area contributed by atoms with Crippen molar-refractivity contribution in [2.45, 2.75) is 17.6 Å². The average molecular weight is 416 g/mol. The molecule has 2 aromatic carbocycles. The number of hydrogen-bond donors (Lipinski definition) is 0. The second-order valence-corrected chi connectivity index (χ2v) is 9.44. The number of pyridine rings is 1. The molecule has 4 aromatic rings. The predicted molar refractivity (Wildman–Crippen MR) is 108 cm³/mol. The van der Waals surface area contributed by atoms with Gasteiger partial charge in [-0.1, -0.05) is 23.7 Å². The topological polar surface area (TPSA) is 72.8 Å². The Bertz CT molecular complexity index is 1240. The van der Waals surface area contributed by atoms with Gasteiger partial charge in [0.1, 0.15) is 16.3 Å². The molecule has 5 nitrogen and oxygen atoms in total. The third kappa shape index (κ3) is 3.58. The molecule has 136 valence electrons. The molecule has 0 aliphatic heterocycles. The highest BCUT2D eigenvalue weighted by molar-refractivity contribution is 7.90. The van der Waals surface area contributed by atoms with E-state index in [0.29, 0.717) is 10.0 Å². The van der Waals surface area contributed by atoms with Gasteiger partial charge in [0.05, 0.1) is 10.6 Å². The van der Waals surface area contributed by atoms with Crippen LogP contribution < -0.4 is 0 Å². The lowest BCUT2D eigenvalue weighted by Crippen LogP contribution is -2.05. The van der Waals surface area contributed by atoms with E-state index in [4.69, 9.17) is 11.6 Å². The van der Waals surface area contributed by atoms with Crippen LogP contribution in [0, 0.1) is 6.92 Å². The average Bonchev–Trinajstić information content (AvgIpc) is 3.13. The minimum atomic E-state index is -3.50. The molecule has 0 bridgehead atoms. The van der Waals surface area contributed by atoms with E-state index < -0.39 is 9.84 Å². The van der Waals surface area contributed by atoms with Crippen LogP contribution >= 0.6 is 22.9 Å². The summed E-state index contributed by atoms with van der Waals surface area (Å²) in [5, 5.41) is 10.4.